The molecule has 1 aromatic heterocycles. The molecule has 14 heavy (non-hydrogen) atoms. The molecule has 0 aliphatic rings. The fraction of sp³-hybridized carbons (Fsp3) is 0. The van der Waals surface area contributed by atoms with E-state index >= 15 is 0 Å². The maximum Gasteiger partial charge on any atom is 0.148 e. The second kappa shape index (κ2) is 3.74. The van der Waals surface area contributed by atoms with Crippen LogP contribution in [0.15, 0.2) is 42.9 Å². The van der Waals surface area contributed by atoms with Crippen molar-refractivity contribution >= 4 is 11.5 Å². The molecule has 0 fully saturated rings. The molecule has 2 N–H and O–H groups in total. The third-order valence-electron chi connectivity index (χ3n) is 1.70. The zero-order valence-electron chi connectivity index (χ0n) is 7.38. The van der Waals surface area contributed by atoms with E-state index in [2.05, 4.69) is 15.3 Å². The Kier molecular flexibility index (Phi) is 2.27. The first kappa shape index (κ1) is 8.50. The number of phenols is 1. The van der Waals surface area contributed by atoms with Crippen molar-refractivity contribution in [2.24, 2.45) is 0 Å². The fourth-order valence-corrected chi connectivity index (χ4v) is 1.06. The predicted molar refractivity (Wildman–Crippen MR) is 53.4 cm³/mol. The summed E-state index contributed by atoms with van der Waals surface area (Å²) in [6.07, 6.45) is 4.86. The quantitative estimate of drug-likeness (QED) is 0.705. The Morgan fingerprint density at radius 1 is 1.07 bits per heavy atom. The van der Waals surface area contributed by atoms with Crippen molar-refractivity contribution in [3.8, 4) is 5.75 Å². The van der Waals surface area contributed by atoms with Crippen molar-refractivity contribution < 1.29 is 5.11 Å². The lowest BCUT2D eigenvalue weighted by molar-refractivity contribution is 0.475. The van der Waals surface area contributed by atoms with E-state index < -0.39 is 0 Å². The van der Waals surface area contributed by atoms with E-state index in [0.717, 1.165) is 5.69 Å². The largest absolute Gasteiger partial charge is 0.508 e. The molecule has 2 rings (SSSR count). The molecule has 0 radical (unpaired) electrons. The summed E-state index contributed by atoms with van der Waals surface area (Å²) in [6.45, 7) is 0. The SMILES string of the molecule is Oc1ccc(Nc2cnccn2)cc1. The van der Waals surface area contributed by atoms with Gasteiger partial charge in [0.1, 0.15) is 11.6 Å². The Morgan fingerprint density at radius 3 is 2.50 bits per heavy atom. The monoisotopic (exact) mass is 187 g/mol. The Bertz CT molecular complexity index is 399. The smallest absolute Gasteiger partial charge is 0.148 e. The van der Waals surface area contributed by atoms with Crippen molar-refractivity contribution in [2.75, 3.05) is 5.32 Å². The number of hydrogen-bond acceptors (Lipinski definition) is 4. The summed E-state index contributed by atoms with van der Waals surface area (Å²) in [5, 5.41) is 12.1. The molecule has 0 spiro atoms. The first-order valence-electron chi connectivity index (χ1n) is 4.17. The van der Waals surface area contributed by atoms with Gasteiger partial charge < -0.3 is 10.4 Å². The van der Waals surface area contributed by atoms with Crippen molar-refractivity contribution in [3.05, 3.63) is 42.9 Å². The molecule has 0 amide bonds. The van der Waals surface area contributed by atoms with E-state index in [1.807, 2.05) is 0 Å². The van der Waals surface area contributed by atoms with Crippen molar-refractivity contribution in [3.63, 3.8) is 0 Å². The summed E-state index contributed by atoms with van der Waals surface area (Å²) in [7, 11) is 0. The number of hydrogen-bond donors (Lipinski definition) is 2. The normalized spacial score (nSPS) is 9.71. The van der Waals surface area contributed by atoms with Gasteiger partial charge in [-0.05, 0) is 24.3 Å². The lowest BCUT2D eigenvalue weighted by Crippen LogP contribution is -1.92. The van der Waals surface area contributed by atoms with Crippen LogP contribution in [0.2, 0.25) is 0 Å². The standard InChI is InChI=1S/C10H9N3O/c14-9-3-1-8(2-4-9)13-10-7-11-5-6-12-10/h1-7,14H,(H,12,13). The van der Waals surface area contributed by atoms with Crippen LogP contribution in [0.4, 0.5) is 11.5 Å². The molecule has 4 nitrogen and oxygen atoms in total. The average Bonchev–Trinajstić information content (AvgIpc) is 2.23. The topological polar surface area (TPSA) is 58.0 Å². The zero-order valence-corrected chi connectivity index (χ0v) is 7.38. The van der Waals surface area contributed by atoms with E-state index in [-0.39, 0.29) is 5.75 Å². The molecule has 1 heterocycles. The fourth-order valence-electron chi connectivity index (χ4n) is 1.06. The number of benzene rings is 1. The van der Waals surface area contributed by atoms with E-state index in [4.69, 9.17) is 5.11 Å². The average molecular weight is 187 g/mol. The molecule has 4 heteroatoms. The van der Waals surface area contributed by atoms with E-state index in [1.165, 1.54) is 0 Å². The number of anilines is 2. The number of aromatic hydroxyl groups is 1. The van der Waals surface area contributed by atoms with Crippen LogP contribution in [0.25, 0.3) is 0 Å². The number of phenolic OH excluding ortho intramolecular Hbond substituents is 1. The molecule has 2 aromatic rings. The van der Waals surface area contributed by atoms with Crippen molar-refractivity contribution in [1.82, 2.24) is 9.97 Å². The Labute approximate surface area is 81.3 Å². The molecular formula is C10H9N3O. The Balaban J connectivity index is 2.16. The van der Waals surface area contributed by atoms with Crippen LogP contribution in [-0.4, -0.2) is 15.1 Å². The third kappa shape index (κ3) is 1.98. The molecule has 0 saturated carbocycles. The minimum absolute atomic E-state index is 0.245. The Morgan fingerprint density at radius 2 is 1.86 bits per heavy atom. The van der Waals surface area contributed by atoms with Crippen LogP contribution >= 0.6 is 0 Å². The molecule has 0 aliphatic heterocycles. The van der Waals surface area contributed by atoms with Crippen LogP contribution in [0.1, 0.15) is 0 Å². The van der Waals surface area contributed by atoms with Crippen LogP contribution in [0.5, 0.6) is 5.75 Å². The lowest BCUT2D eigenvalue weighted by atomic mass is 10.3. The second-order valence-electron chi connectivity index (χ2n) is 2.76. The Hall–Kier alpha value is -2.10. The molecule has 70 valence electrons. The highest BCUT2D eigenvalue weighted by atomic mass is 16.3. The summed E-state index contributed by atoms with van der Waals surface area (Å²) in [4.78, 5) is 7.98. The molecule has 0 saturated heterocycles. The second-order valence-corrected chi connectivity index (χ2v) is 2.76. The van der Waals surface area contributed by atoms with Crippen LogP contribution in [0, 0.1) is 0 Å². The molecule has 0 atom stereocenters. The summed E-state index contributed by atoms with van der Waals surface area (Å²) >= 11 is 0. The first-order chi connectivity index (χ1) is 6.84. The first-order valence-corrected chi connectivity index (χ1v) is 4.17. The molecule has 0 bridgehead atoms. The van der Waals surface area contributed by atoms with Gasteiger partial charge in [0, 0.05) is 18.1 Å². The molecule has 0 unspecified atom stereocenters. The minimum Gasteiger partial charge on any atom is -0.508 e. The van der Waals surface area contributed by atoms with Gasteiger partial charge in [0.2, 0.25) is 0 Å². The predicted octanol–water partition coefficient (Wildman–Crippen LogP) is 1.93. The van der Waals surface area contributed by atoms with E-state index in [0.29, 0.717) is 5.82 Å². The highest BCUT2D eigenvalue weighted by Crippen LogP contribution is 2.16. The third-order valence-corrected chi connectivity index (χ3v) is 1.70. The number of nitrogens with zero attached hydrogens (tertiary/aromatic N) is 2. The summed E-state index contributed by atoms with van der Waals surface area (Å²) in [6, 6.07) is 6.76. The van der Waals surface area contributed by atoms with Crippen LogP contribution < -0.4 is 5.32 Å². The number of aromatic nitrogens is 2. The van der Waals surface area contributed by atoms with Gasteiger partial charge in [0.25, 0.3) is 0 Å². The highest BCUT2D eigenvalue weighted by molar-refractivity contribution is 5.55. The van der Waals surface area contributed by atoms with Crippen molar-refractivity contribution in [2.45, 2.75) is 0 Å². The van der Waals surface area contributed by atoms with Gasteiger partial charge >= 0.3 is 0 Å². The zero-order chi connectivity index (χ0) is 9.80. The van der Waals surface area contributed by atoms with Gasteiger partial charge in [-0.3, -0.25) is 4.98 Å². The van der Waals surface area contributed by atoms with Gasteiger partial charge in [-0.1, -0.05) is 0 Å². The molecule has 1 aromatic carbocycles. The van der Waals surface area contributed by atoms with E-state index in [9.17, 15) is 0 Å². The van der Waals surface area contributed by atoms with Crippen molar-refractivity contribution in [1.29, 1.82) is 0 Å². The van der Waals surface area contributed by atoms with Gasteiger partial charge in [0.05, 0.1) is 6.20 Å². The summed E-state index contributed by atoms with van der Waals surface area (Å²) in [5.41, 5.74) is 0.864. The highest BCUT2D eigenvalue weighted by Gasteiger charge is 1.94. The van der Waals surface area contributed by atoms with Gasteiger partial charge in [-0.25, -0.2) is 4.98 Å². The van der Waals surface area contributed by atoms with Gasteiger partial charge in [-0.15, -0.1) is 0 Å². The molecular weight excluding hydrogens is 178 g/mol. The summed E-state index contributed by atoms with van der Waals surface area (Å²) < 4.78 is 0. The van der Waals surface area contributed by atoms with Gasteiger partial charge in [0.15, 0.2) is 0 Å². The molecule has 0 aliphatic carbocycles. The number of rotatable bonds is 2. The van der Waals surface area contributed by atoms with Gasteiger partial charge in [-0.2, -0.15) is 0 Å². The maximum atomic E-state index is 9.07. The summed E-state index contributed by atoms with van der Waals surface area (Å²) in [5.74, 6) is 0.924. The minimum atomic E-state index is 0.245. The lowest BCUT2D eigenvalue weighted by Gasteiger charge is -2.03. The van der Waals surface area contributed by atoms with Crippen LogP contribution in [0.3, 0.4) is 0 Å². The maximum absolute atomic E-state index is 9.07. The number of nitrogens with one attached hydrogen (secondary N) is 1. The van der Waals surface area contributed by atoms with Crippen LogP contribution in [-0.2, 0) is 0 Å². The van der Waals surface area contributed by atoms with E-state index in [1.54, 1.807) is 42.9 Å².